The lowest BCUT2D eigenvalue weighted by Gasteiger charge is -2.18. The second-order valence-electron chi connectivity index (χ2n) is 6.35. The van der Waals surface area contributed by atoms with Crippen molar-refractivity contribution in [2.45, 2.75) is 30.8 Å². The Labute approximate surface area is 165 Å². The number of pyridine rings is 1. The summed E-state index contributed by atoms with van der Waals surface area (Å²) < 4.78 is 7.32. The van der Waals surface area contributed by atoms with Crippen LogP contribution in [0.4, 0.5) is 4.79 Å². The summed E-state index contributed by atoms with van der Waals surface area (Å²) in [5.74, 6) is 0.780. The molecule has 3 heterocycles. The first-order valence-electron chi connectivity index (χ1n) is 8.58. The maximum Gasteiger partial charge on any atom is 0.318 e. The number of amides is 3. The number of nitrogens with one attached hydrogen (secondary N) is 1. The van der Waals surface area contributed by atoms with Gasteiger partial charge in [0.15, 0.2) is 11.0 Å². The Hall–Kier alpha value is -3.14. The average Bonchev–Trinajstić information content (AvgIpc) is 3.30. The zero-order valence-corrected chi connectivity index (χ0v) is 16.2. The van der Waals surface area contributed by atoms with Gasteiger partial charge in [-0.25, -0.2) is 4.79 Å². The first kappa shape index (κ1) is 19.6. The molecule has 1 atom stereocenters. The van der Waals surface area contributed by atoms with Gasteiger partial charge < -0.3 is 10.2 Å². The molecule has 0 fully saturated rings. The molecule has 0 aliphatic carbocycles. The number of primary amides is 1. The van der Waals surface area contributed by atoms with Gasteiger partial charge in [0.25, 0.3) is 0 Å². The minimum Gasteiger partial charge on any atom is -0.467 e. The van der Waals surface area contributed by atoms with Crippen LogP contribution in [0.1, 0.15) is 19.6 Å². The molecule has 28 heavy (non-hydrogen) atoms. The van der Waals surface area contributed by atoms with Gasteiger partial charge in [-0.1, -0.05) is 25.6 Å². The van der Waals surface area contributed by atoms with Crippen molar-refractivity contribution in [3.05, 3.63) is 48.7 Å². The maximum atomic E-state index is 12.4. The van der Waals surface area contributed by atoms with E-state index in [9.17, 15) is 9.59 Å². The Morgan fingerprint density at radius 2 is 2.11 bits per heavy atom. The summed E-state index contributed by atoms with van der Waals surface area (Å²) in [5.41, 5.74) is 5.88. The van der Waals surface area contributed by atoms with Crippen LogP contribution in [0.2, 0.25) is 0 Å². The zero-order valence-electron chi connectivity index (χ0n) is 15.4. The van der Waals surface area contributed by atoms with Crippen LogP contribution in [-0.4, -0.2) is 36.9 Å². The predicted octanol–water partition coefficient (Wildman–Crippen LogP) is 2.29. The van der Waals surface area contributed by atoms with Crippen molar-refractivity contribution >= 4 is 23.7 Å². The summed E-state index contributed by atoms with van der Waals surface area (Å²) >= 11 is 1.22. The Morgan fingerprint density at radius 3 is 2.71 bits per heavy atom. The molecule has 3 aromatic rings. The number of thioether (sulfide) groups is 1. The highest BCUT2D eigenvalue weighted by Gasteiger charge is 2.28. The van der Waals surface area contributed by atoms with E-state index < -0.39 is 17.2 Å². The molecule has 9 nitrogen and oxygen atoms in total. The lowest BCUT2D eigenvalue weighted by Crippen LogP contribution is -2.42. The van der Waals surface area contributed by atoms with E-state index in [-0.39, 0.29) is 5.92 Å². The summed E-state index contributed by atoms with van der Waals surface area (Å²) in [7, 11) is 0. The number of imide groups is 1. The van der Waals surface area contributed by atoms with Gasteiger partial charge in [0.1, 0.15) is 5.76 Å². The maximum absolute atomic E-state index is 12.4. The van der Waals surface area contributed by atoms with Gasteiger partial charge >= 0.3 is 6.03 Å². The Bertz CT molecular complexity index is 940. The molecule has 0 bridgehead atoms. The second-order valence-corrected chi connectivity index (χ2v) is 7.46. The number of carbonyl (C=O) groups is 2. The van der Waals surface area contributed by atoms with Crippen molar-refractivity contribution in [1.82, 2.24) is 25.1 Å². The quantitative estimate of drug-likeness (QED) is 0.582. The van der Waals surface area contributed by atoms with Crippen molar-refractivity contribution in [2.24, 2.45) is 11.7 Å². The van der Waals surface area contributed by atoms with Crippen molar-refractivity contribution < 1.29 is 14.0 Å². The third-order valence-electron chi connectivity index (χ3n) is 3.87. The van der Waals surface area contributed by atoms with Crippen LogP contribution in [0.25, 0.3) is 11.4 Å². The molecule has 10 heteroatoms. The molecule has 0 radical (unpaired) electrons. The summed E-state index contributed by atoms with van der Waals surface area (Å²) in [6.45, 7) is 4.15. The van der Waals surface area contributed by atoms with E-state index in [0.717, 1.165) is 11.3 Å². The molecule has 0 aromatic carbocycles. The number of hydrogen-bond donors (Lipinski definition) is 2. The van der Waals surface area contributed by atoms with Crippen LogP contribution in [0.3, 0.4) is 0 Å². The minimum absolute atomic E-state index is 0.0695. The monoisotopic (exact) mass is 400 g/mol. The third kappa shape index (κ3) is 4.58. The lowest BCUT2D eigenvalue weighted by atomic mass is 10.1. The molecule has 146 valence electrons. The van der Waals surface area contributed by atoms with Crippen molar-refractivity contribution in [3.63, 3.8) is 0 Å². The van der Waals surface area contributed by atoms with E-state index in [4.69, 9.17) is 10.2 Å². The van der Waals surface area contributed by atoms with Gasteiger partial charge in [-0.2, -0.15) is 0 Å². The van der Waals surface area contributed by atoms with Crippen molar-refractivity contribution in [3.8, 4) is 11.4 Å². The second kappa shape index (κ2) is 8.70. The standard InChI is InChI=1S/C18H20N6O3S/c1-11(2)14(16(25)21-17(19)26)28-18-23-22-15(12-5-3-7-20-9-12)24(18)10-13-6-4-8-27-13/h3-9,11,14H,10H2,1-2H3,(H3,19,21,25,26)/t14-/m1/s1. The normalized spacial score (nSPS) is 12.1. The Kier molecular flexibility index (Phi) is 6.09. The van der Waals surface area contributed by atoms with Gasteiger partial charge in [-0.3, -0.25) is 19.7 Å². The molecular formula is C18H20N6O3S. The van der Waals surface area contributed by atoms with Gasteiger partial charge in [0.2, 0.25) is 5.91 Å². The first-order chi connectivity index (χ1) is 13.5. The third-order valence-corrected chi connectivity index (χ3v) is 5.40. The van der Waals surface area contributed by atoms with E-state index in [1.54, 1.807) is 24.7 Å². The van der Waals surface area contributed by atoms with Crippen LogP contribution >= 0.6 is 11.8 Å². The van der Waals surface area contributed by atoms with Gasteiger partial charge in [-0.05, 0) is 30.2 Å². The van der Waals surface area contributed by atoms with Gasteiger partial charge in [0.05, 0.1) is 18.1 Å². The number of aromatic nitrogens is 4. The van der Waals surface area contributed by atoms with Crippen molar-refractivity contribution in [1.29, 1.82) is 0 Å². The Balaban J connectivity index is 1.96. The molecule has 0 saturated heterocycles. The lowest BCUT2D eigenvalue weighted by molar-refractivity contribution is -0.120. The number of hydrogen-bond acceptors (Lipinski definition) is 7. The Morgan fingerprint density at radius 1 is 1.29 bits per heavy atom. The summed E-state index contributed by atoms with van der Waals surface area (Å²) in [5, 5.41) is 10.6. The highest BCUT2D eigenvalue weighted by molar-refractivity contribution is 8.00. The van der Waals surface area contributed by atoms with E-state index >= 15 is 0 Å². The molecule has 3 amide bonds. The van der Waals surface area contributed by atoms with Gasteiger partial charge in [-0.15, -0.1) is 10.2 Å². The van der Waals surface area contributed by atoms with E-state index in [1.807, 2.05) is 36.6 Å². The average molecular weight is 400 g/mol. The van der Waals surface area contributed by atoms with E-state index in [2.05, 4.69) is 20.5 Å². The predicted molar refractivity (Wildman–Crippen MR) is 103 cm³/mol. The van der Waals surface area contributed by atoms with Crippen LogP contribution < -0.4 is 11.1 Å². The first-order valence-corrected chi connectivity index (χ1v) is 9.46. The molecular weight excluding hydrogens is 380 g/mol. The molecule has 0 aliphatic rings. The van der Waals surface area contributed by atoms with Gasteiger partial charge in [0, 0.05) is 18.0 Å². The van der Waals surface area contributed by atoms with E-state index in [1.165, 1.54) is 11.8 Å². The summed E-state index contributed by atoms with van der Waals surface area (Å²) in [6, 6.07) is 6.45. The fraction of sp³-hybridized carbons (Fsp3) is 0.278. The number of furan rings is 1. The molecule has 0 saturated carbocycles. The number of nitrogens with zero attached hydrogens (tertiary/aromatic N) is 4. The number of carbonyl (C=O) groups excluding carboxylic acids is 2. The SMILES string of the molecule is CC(C)[C@@H](Sc1nnc(-c2cccnc2)n1Cc1ccco1)C(=O)NC(N)=O. The highest BCUT2D eigenvalue weighted by atomic mass is 32.2. The van der Waals surface area contributed by atoms with Crippen molar-refractivity contribution in [2.75, 3.05) is 0 Å². The van der Waals surface area contributed by atoms with Crippen LogP contribution in [0.5, 0.6) is 0 Å². The number of nitrogens with two attached hydrogens (primary N) is 1. The molecule has 3 aromatic heterocycles. The largest absolute Gasteiger partial charge is 0.467 e. The fourth-order valence-electron chi connectivity index (χ4n) is 2.58. The molecule has 3 rings (SSSR count). The fourth-order valence-corrected chi connectivity index (χ4v) is 3.62. The smallest absolute Gasteiger partial charge is 0.318 e. The molecule has 0 aliphatic heterocycles. The van der Waals surface area contributed by atoms with Crippen LogP contribution in [-0.2, 0) is 11.3 Å². The molecule has 0 spiro atoms. The summed E-state index contributed by atoms with van der Waals surface area (Å²) in [4.78, 5) is 27.6. The highest BCUT2D eigenvalue weighted by Crippen LogP contribution is 2.30. The zero-order chi connectivity index (χ0) is 20.1. The van der Waals surface area contributed by atoms with Crippen LogP contribution in [0.15, 0.2) is 52.5 Å². The molecule has 3 N–H and O–H groups in total. The minimum atomic E-state index is -0.885. The number of urea groups is 1. The topological polar surface area (TPSA) is 129 Å². The molecule has 0 unspecified atom stereocenters. The summed E-state index contributed by atoms with van der Waals surface area (Å²) in [6.07, 6.45) is 4.96. The van der Waals surface area contributed by atoms with Crippen LogP contribution in [0, 0.1) is 5.92 Å². The number of rotatable bonds is 7. The van der Waals surface area contributed by atoms with E-state index in [0.29, 0.717) is 17.5 Å².